The Morgan fingerprint density at radius 1 is 0.515 bits per heavy atom. The van der Waals surface area contributed by atoms with E-state index in [1.54, 1.807) is 0 Å². The van der Waals surface area contributed by atoms with E-state index < -0.39 is 0 Å². The number of hydrogen-bond acceptors (Lipinski definition) is 4. The van der Waals surface area contributed by atoms with E-state index in [4.69, 9.17) is 4.74 Å². The maximum atomic E-state index is 6.11. The Balaban J connectivity index is 3.48. The van der Waals surface area contributed by atoms with E-state index in [1.807, 2.05) is 12.9 Å². The normalized spacial score (nSPS) is 13.7. The van der Waals surface area contributed by atoms with Gasteiger partial charge in [0.1, 0.15) is 6.26 Å². The van der Waals surface area contributed by atoms with Crippen LogP contribution in [0.3, 0.4) is 0 Å². The maximum Gasteiger partial charge on any atom is 0.182 e. The molecule has 33 heavy (non-hydrogen) atoms. The summed E-state index contributed by atoms with van der Waals surface area (Å²) >= 11 is 0. The number of ether oxygens (including phenoxy) is 1. The molecule has 0 N–H and O–H groups in total. The summed E-state index contributed by atoms with van der Waals surface area (Å²) in [4.78, 5) is 7.94. The van der Waals surface area contributed by atoms with E-state index in [1.165, 1.54) is 94.1 Å². The molecule has 4 nitrogen and oxygen atoms in total. The number of unbranched alkanes of at least 4 members (excludes halogenated alkanes) is 6. The van der Waals surface area contributed by atoms with Crippen LogP contribution >= 0.6 is 0 Å². The summed E-state index contributed by atoms with van der Waals surface area (Å²) < 4.78 is 6.11. The highest BCUT2D eigenvalue weighted by Gasteiger charge is 2.29. The lowest BCUT2D eigenvalue weighted by Gasteiger charge is -2.41. The molecule has 0 amide bonds. The highest BCUT2D eigenvalue weighted by Crippen LogP contribution is 2.32. The first-order valence-corrected chi connectivity index (χ1v) is 14.4. The lowest BCUT2D eigenvalue weighted by Crippen LogP contribution is -2.40. The van der Waals surface area contributed by atoms with Crippen molar-refractivity contribution in [1.29, 1.82) is 0 Å². The van der Waals surface area contributed by atoms with E-state index in [-0.39, 0.29) is 0 Å². The van der Waals surface area contributed by atoms with E-state index in [0.29, 0.717) is 0 Å². The SMILES string of the molecule is CCCCN(CCCC)C1=CO[CH]C(N(CCCC)CCCC)=C1N(CCCC)CCCC. The fourth-order valence-corrected chi connectivity index (χ4v) is 4.31. The van der Waals surface area contributed by atoms with Crippen LogP contribution in [0.4, 0.5) is 0 Å². The minimum atomic E-state index is 1.11. The van der Waals surface area contributed by atoms with Crippen LogP contribution in [-0.4, -0.2) is 54.0 Å². The quantitative estimate of drug-likeness (QED) is 0.172. The Kier molecular flexibility index (Phi) is 17.1. The molecule has 0 saturated heterocycles. The molecule has 0 bridgehead atoms. The molecule has 1 aliphatic heterocycles. The van der Waals surface area contributed by atoms with Gasteiger partial charge in [-0.05, 0) is 38.5 Å². The molecule has 1 radical (unpaired) electrons. The average Bonchev–Trinajstić information content (AvgIpc) is 2.84. The zero-order valence-electron chi connectivity index (χ0n) is 23.1. The third kappa shape index (κ3) is 10.6. The predicted molar refractivity (Wildman–Crippen MR) is 145 cm³/mol. The summed E-state index contributed by atoms with van der Waals surface area (Å²) in [6.07, 6.45) is 16.8. The van der Waals surface area contributed by atoms with E-state index in [0.717, 1.165) is 39.3 Å². The van der Waals surface area contributed by atoms with Gasteiger partial charge in [-0.25, -0.2) is 0 Å². The zero-order chi connectivity index (χ0) is 24.3. The molecule has 0 unspecified atom stereocenters. The van der Waals surface area contributed by atoms with Crippen LogP contribution in [0.5, 0.6) is 0 Å². The summed E-state index contributed by atoms with van der Waals surface area (Å²) in [6.45, 7) is 22.6. The average molecular weight is 463 g/mol. The number of rotatable bonds is 21. The van der Waals surface area contributed by atoms with Crippen LogP contribution in [0.2, 0.25) is 0 Å². The molecule has 4 heteroatoms. The first kappa shape index (κ1) is 29.7. The molecule has 1 heterocycles. The molecule has 0 aromatic heterocycles. The summed E-state index contributed by atoms with van der Waals surface area (Å²) in [5.74, 6) is 0. The van der Waals surface area contributed by atoms with Gasteiger partial charge in [-0.3, -0.25) is 0 Å². The van der Waals surface area contributed by atoms with Gasteiger partial charge in [0, 0.05) is 39.3 Å². The van der Waals surface area contributed by atoms with Crippen molar-refractivity contribution in [2.24, 2.45) is 0 Å². The van der Waals surface area contributed by atoms with Gasteiger partial charge in [0.05, 0.1) is 17.1 Å². The largest absolute Gasteiger partial charge is 0.485 e. The third-order valence-electron chi connectivity index (χ3n) is 6.53. The fourth-order valence-electron chi connectivity index (χ4n) is 4.31. The van der Waals surface area contributed by atoms with Gasteiger partial charge in [-0.1, -0.05) is 80.1 Å². The molecule has 0 aliphatic carbocycles. The molecule has 0 atom stereocenters. The van der Waals surface area contributed by atoms with Gasteiger partial charge in [0.25, 0.3) is 0 Å². The Bertz CT molecular complexity index is 519. The topological polar surface area (TPSA) is 19.0 Å². The first-order valence-electron chi connectivity index (χ1n) is 14.4. The first-order chi connectivity index (χ1) is 16.2. The molecule has 1 rings (SSSR count). The number of hydrogen-bond donors (Lipinski definition) is 0. The summed E-state index contributed by atoms with van der Waals surface area (Å²) in [5, 5.41) is 0. The Morgan fingerprint density at radius 2 is 0.879 bits per heavy atom. The van der Waals surface area contributed by atoms with Gasteiger partial charge < -0.3 is 19.4 Å². The van der Waals surface area contributed by atoms with Gasteiger partial charge >= 0.3 is 0 Å². The second-order valence-electron chi connectivity index (χ2n) is 9.57. The molecule has 193 valence electrons. The van der Waals surface area contributed by atoms with Crippen molar-refractivity contribution in [1.82, 2.24) is 14.7 Å². The Labute approximate surface area is 207 Å². The minimum absolute atomic E-state index is 1.11. The standard InChI is InChI=1S/C29H56N3O/c1-7-13-19-30(20-14-8-2)27-25-33-26-28(31(21-15-9-3)22-16-10-4)29(27)32(23-17-11-5)24-18-12-6/h25-26H,7-24H2,1-6H3. The van der Waals surface area contributed by atoms with Gasteiger partial charge in [0.15, 0.2) is 6.61 Å². The number of nitrogens with zero attached hydrogens (tertiary/aromatic N) is 3. The molecule has 0 aromatic carbocycles. The summed E-state index contributed by atoms with van der Waals surface area (Å²) in [7, 11) is 0. The van der Waals surface area contributed by atoms with Crippen LogP contribution in [0.25, 0.3) is 0 Å². The summed E-state index contributed by atoms with van der Waals surface area (Å²) in [6, 6.07) is 0. The molecular formula is C29H56N3O. The monoisotopic (exact) mass is 462 g/mol. The van der Waals surface area contributed by atoms with E-state index in [2.05, 4.69) is 56.2 Å². The molecule has 0 spiro atoms. The lowest BCUT2D eigenvalue weighted by molar-refractivity contribution is 0.207. The molecule has 0 fully saturated rings. The highest BCUT2D eigenvalue weighted by molar-refractivity contribution is 5.38. The van der Waals surface area contributed by atoms with E-state index in [9.17, 15) is 0 Å². The molecule has 0 saturated carbocycles. The third-order valence-corrected chi connectivity index (χ3v) is 6.53. The predicted octanol–water partition coefficient (Wildman–Crippen LogP) is 7.94. The minimum Gasteiger partial charge on any atom is -0.485 e. The highest BCUT2D eigenvalue weighted by atomic mass is 16.5. The van der Waals surface area contributed by atoms with Gasteiger partial charge in [-0.15, -0.1) is 0 Å². The smallest absolute Gasteiger partial charge is 0.182 e. The van der Waals surface area contributed by atoms with Crippen LogP contribution in [-0.2, 0) is 4.74 Å². The van der Waals surface area contributed by atoms with Crippen molar-refractivity contribution in [3.8, 4) is 0 Å². The molecule has 1 aliphatic rings. The second kappa shape index (κ2) is 19.0. The van der Waals surface area contributed by atoms with Crippen molar-refractivity contribution in [2.45, 2.75) is 119 Å². The molecular weight excluding hydrogens is 406 g/mol. The van der Waals surface area contributed by atoms with Gasteiger partial charge in [0.2, 0.25) is 0 Å². The molecule has 0 aromatic rings. The second-order valence-corrected chi connectivity index (χ2v) is 9.57. The summed E-state index contributed by atoms with van der Waals surface area (Å²) in [5.41, 5.74) is 4.07. The van der Waals surface area contributed by atoms with Crippen LogP contribution in [0.15, 0.2) is 23.4 Å². The Morgan fingerprint density at radius 3 is 1.27 bits per heavy atom. The van der Waals surface area contributed by atoms with Crippen molar-refractivity contribution in [3.05, 3.63) is 30.0 Å². The van der Waals surface area contributed by atoms with Crippen molar-refractivity contribution < 1.29 is 4.74 Å². The van der Waals surface area contributed by atoms with Crippen molar-refractivity contribution >= 4 is 0 Å². The van der Waals surface area contributed by atoms with Crippen LogP contribution in [0, 0.1) is 6.61 Å². The van der Waals surface area contributed by atoms with Crippen molar-refractivity contribution in [3.63, 3.8) is 0 Å². The fraction of sp³-hybridized carbons (Fsp3) is 0.828. The van der Waals surface area contributed by atoms with Crippen LogP contribution < -0.4 is 0 Å². The Hall–Kier alpha value is -1.32. The van der Waals surface area contributed by atoms with Crippen LogP contribution in [0.1, 0.15) is 119 Å². The van der Waals surface area contributed by atoms with E-state index >= 15 is 0 Å². The maximum absolute atomic E-state index is 6.11. The lowest BCUT2D eigenvalue weighted by atomic mass is 10.1. The van der Waals surface area contributed by atoms with Crippen molar-refractivity contribution in [2.75, 3.05) is 39.3 Å². The zero-order valence-corrected chi connectivity index (χ0v) is 23.1. The van der Waals surface area contributed by atoms with Gasteiger partial charge in [-0.2, -0.15) is 0 Å².